The molecule has 2 rings (SSSR count). The van der Waals surface area contributed by atoms with Crippen LogP contribution in [0.3, 0.4) is 0 Å². The molecule has 0 spiro atoms. The minimum Gasteiger partial charge on any atom is -0.508 e. The first kappa shape index (κ1) is 10.3. The van der Waals surface area contributed by atoms with Crippen molar-refractivity contribution in [1.82, 2.24) is 9.97 Å². The predicted molar refractivity (Wildman–Crippen MR) is 62.1 cm³/mol. The number of aromatic nitrogens is 2. The maximum Gasteiger partial charge on any atom is 0.249 e. The average molecular weight is 213 g/mol. The summed E-state index contributed by atoms with van der Waals surface area (Å²) in [7, 11) is 0. The zero-order valence-electron chi connectivity index (χ0n) is 8.83. The smallest absolute Gasteiger partial charge is 0.249 e. The van der Waals surface area contributed by atoms with Crippen LogP contribution >= 0.6 is 0 Å². The number of aryl methyl sites for hydroxylation is 1. The van der Waals surface area contributed by atoms with E-state index in [0.29, 0.717) is 5.95 Å². The first-order valence-electron chi connectivity index (χ1n) is 4.87. The minimum atomic E-state index is 0.240. The van der Waals surface area contributed by atoms with E-state index in [2.05, 4.69) is 15.0 Å². The molecular weight excluding hydrogens is 202 g/mol. The standard InChI is InChI=1S/C12H11N3O/c1-9-6-7-13-12(15-9)14-8-10-2-4-11(16)5-3-10/h2-8,16H,1H3/b14-8+. The molecule has 1 heterocycles. The number of rotatable bonds is 2. The van der Waals surface area contributed by atoms with Crippen molar-refractivity contribution in [3.63, 3.8) is 0 Å². The number of hydrogen-bond acceptors (Lipinski definition) is 4. The zero-order valence-corrected chi connectivity index (χ0v) is 8.83. The van der Waals surface area contributed by atoms with Crippen LogP contribution in [-0.4, -0.2) is 21.3 Å². The summed E-state index contributed by atoms with van der Waals surface area (Å²) in [5.41, 5.74) is 1.77. The third kappa shape index (κ3) is 2.63. The minimum absolute atomic E-state index is 0.240. The van der Waals surface area contributed by atoms with Crippen LogP contribution in [-0.2, 0) is 0 Å². The molecule has 0 aliphatic heterocycles. The molecule has 0 amide bonds. The van der Waals surface area contributed by atoms with Gasteiger partial charge in [0.2, 0.25) is 5.95 Å². The summed E-state index contributed by atoms with van der Waals surface area (Å²) in [5, 5.41) is 9.11. The molecule has 1 aromatic heterocycles. The highest BCUT2D eigenvalue weighted by Crippen LogP contribution is 2.09. The Bertz CT molecular complexity index is 506. The highest BCUT2D eigenvalue weighted by atomic mass is 16.3. The van der Waals surface area contributed by atoms with Gasteiger partial charge in [0, 0.05) is 18.1 Å². The second-order valence-corrected chi connectivity index (χ2v) is 3.35. The predicted octanol–water partition coefficient (Wildman–Crippen LogP) is 2.24. The largest absolute Gasteiger partial charge is 0.508 e. The van der Waals surface area contributed by atoms with Crippen LogP contribution in [0.2, 0.25) is 0 Å². The van der Waals surface area contributed by atoms with E-state index in [1.165, 1.54) is 0 Å². The lowest BCUT2D eigenvalue weighted by atomic mass is 10.2. The van der Waals surface area contributed by atoms with Crippen molar-refractivity contribution in [2.75, 3.05) is 0 Å². The van der Waals surface area contributed by atoms with Crippen molar-refractivity contribution >= 4 is 12.2 Å². The van der Waals surface area contributed by atoms with Gasteiger partial charge in [0.1, 0.15) is 5.75 Å². The van der Waals surface area contributed by atoms with Gasteiger partial charge in [0.25, 0.3) is 0 Å². The maximum atomic E-state index is 9.11. The van der Waals surface area contributed by atoms with Crippen molar-refractivity contribution in [3.05, 3.63) is 47.8 Å². The lowest BCUT2D eigenvalue weighted by molar-refractivity contribution is 0.475. The molecule has 1 N–H and O–H groups in total. The molecule has 2 aromatic rings. The fourth-order valence-electron chi connectivity index (χ4n) is 1.19. The third-order valence-electron chi connectivity index (χ3n) is 2.00. The zero-order chi connectivity index (χ0) is 11.4. The van der Waals surface area contributed by atoms with Crippen LogP contribution in [0.25, 0.3) is 0 Å². The van der Waals surface area contributed by atoms with Gasteiger partial charge in [-0.3, -0.25) is 0 Å². The summed E-state index contributed by atoms with van der Waals surface area (Å²) >= 11 is 0. The van der Waals surface area contributed by atoms with Gasteiger partial charge in [-0.15, -0.1) is 0 Å². The molecular formula is C12H11N3O. The number of hydrogen-bond donors (Lipinski definition) is 1. The van der Waals surface area contributed by atoms with Gasteiger partial charge >= 0.3 is 0 Å². The summed E-state index contributed by atoms with van der Waals surface area (Å²) in [6.45, 7) is 1.89. The number of benzene rings is 1. The normalized spacial score (nSPS) is 10.8. The Balaban J connectivity index is 2.18. The van der Waals surface area contributed by atoms with E-state index in [-0.39, 0.29) is 5.75 Å². The van der Waals surface area contributed by atoms with E-state index >= 15 is 0 Å². The van der Waals surface area contributed by atoms with Gasteiger partial charge in [0.05, 0.1) is 0 Å². The van der Waals surface area contributed by atoms with Crippen LogP contribution < -0.4 is 0 Å². The van der Waals surface area contributed by atoms with Crippen molar-refractivity contribution in [2.24, 2.45) is 4.99 Å². The molecule has 4 heteroatoms. The highest BCUT2D eigenvalue weighted by molar-refractivity contribution is 5.81. The van der Waals surface area contributed by atoms with E-state index in [4.69, 9.17) is 5.11 Å². The van der Waals surface area contributed by atoms with E-state index in [0.717, 1.165) is 11.3 Å². The van der Waals surface area contributed by atoms with Crippen LogP contribution in [0.5, 0.6) is 5.75 Å². The maximum absolute atomic E-state index is 9.11. The SMILES string of the molecule is Cc1ccnc(/N=C/c2ccc(O)cc2)n1. The first-order valence-corrected chi connectivity index (χ1v) is 4.87. The summed E-state index contributed by atoms with van der Waals surface area (Å²) in [5.74, 6) is 0.678. The van der Waals surface area contributed by atoms with Crippen LogP contribution in [0.1, 0.15) is 11.3 Å². The summed E-state index contributed by atoms with van der Waals surface area (Å²) < 4.78 is 0. The Morgan fingerprint density at radius 2 is 1.94 bits per heavy atom. The molecule has 1 aromatic carbocycles. The molecule has 16 heavy (non-hydrogen) atoms. The topological polar surface area (TPSA) is 58.4 Å². The van der Waals surface area contributed by atoms with E-state index < -0.39 is 0 Å². The molecule has 0 aliphatic carbocycles. The molecule has 0 atom stereocenters. The Labute approximate surface area is 93.3 Å². The molecule has 0 radical (unpaired) electrons. The fraction of sp³-hybridized carbons (Fsp3) is 0.0833. The fourth-order valence-corrected chi connectivity index (χ4v) is 1.19. The number of phenolic OH excluding ortho intramolecular Hbond substituents is 1. The Kier molecular flexibility index (Phi) is 2.91. The van der Waals surface area contributed by atoms with Gasteiger partial charge < -0.3 is 5.11 Å². The highest BCUT2D eigenvalue weighted by Gasteiger charge is 1.92. The van der Waals surface area contributed by atoms with Crippen molar-refractivity contribution in [2.45, 2.75) is 6.92 Å². The Hall–Kier alpha value is -2.23. The van der Waals surface area contributed by atoms with Gasteiger partial charge in [-0.2, -0.15) is 0 Å². The summed E-state index contributed by atoms with van der Waals surface area (Å²) in [4.78, 5) is 12.3. The van der Waals surface area contributed by atoms with Gasteiger partial charge in [-0.1, -0.05) is 0 Å². The van der Waals surface area contributed by atoms with Gasteiger partial charge in [-0.05, 0) is 42.8 Å². The Morgan fingerprint density at radius 1 is 1.19 bits per heavy atom. The van der Waals surface area contributed by atoms with E-state index in [1.807, 2.05) is 13.0 Å². The third-order valence-corrected chi connectivity index (χ3v) is 2.00. The molecule has 4 nitrogen and oxygen atoms in total. The quantitative estimate of drug-likeness (QED) is 0.778. The van der Waals surface area contributed by atoms with Crippen LogP contribution in [0.15, 0.2) is 41.5 Å². The lowest BCUT2D eigenvalue weighted by Crippen LogP contribution is -1.85. The second kappa shape index (κ2) is 4.53. The van der Waals surface area contributed by atoms with E-state index in [9.17, 15) is 0 Å². The van der Waals surface area contributed by atoms with Crippen LogP contribution in [0, 0.1) is 6.92 Å². The average Bonchev–Trinajstić information content (AvgIpc) is 2.28. The van der Waals surface area contributed by atoms with Crippen molar-refractivity contribution in [1.29, 1.82) is 0 Å². The molecule has 0 aliphatic rings. The molecule has 80 valence electrons. The summed E-state index contributed by atoms with van der Waals surface area (Å²) in [6, 6.07) is 8.58. The molecule has 0 saturated heterocycles. The number of phenols is 1. The monoisotopic (exact) mass is 213 g/mol. The Morgan fingerprint density at radius 3 is 2.62 bits per heavy atom. The first-order chi connectivity index (χ1) is 7.74. The number of aliphatic imine (C=N–C) groups is 1. The van der Waals surface area contributed by atoms with E-state index in [1.54, 1.807) is 36.7 Å². The molecule has 0 fully saturated rings. The molecule has 0 unspecified atom stereocenters. The van der Waals surface area contributed by atoms with Crippen LogP contribution in [0.4, 0.5) is 5.95 Å². The van der Waals surface area contributed by atoms with Crippen molar-refractivity contribution in [3.8, 4) is 5.75 Å². The number of nitrogens with zero attached hydrogens (tertiary/aromatic N) is 3. The summed E-state index contributed by atoms with van der Waals surface area (Å²) in [6.07, 6.45) is 3.33. The van der Waals surface area contributed by atoms with Crippen molar-refractivity contribution < 1.29 is 5.11 Å². The van der Waals surface area contributed by atoms with Gasteiger partial charge in [-0.25, -0.2) is 15.0 Å². The van der Waals surface area contributed by atoms with Gasteiger partial charge in [0.15, 0.2) is 0 Å². The molecule has 0 saturated carbocycles. The second-order valence-electron chi connectivity index (χ2n) is 3.35. The lowest BCUT2D eigenvalue weighted by Gasteiger charge is -1.95. The number of aromatic hydroxyl groups is 1. The molecule has 0 bridgehead atoms.